The van der Waals surface area contributed by atoms with Crippen LogP contribution in [0.1, 0.15) is 34.1 Å². The highest BCUT2D eigenvalue weighted by atomic mass is 35.5. The molecule has 1 aromatic heterocycles. The molecule has 1 aromatic carbocycles. The minimum Gasteiger partial charge on any atom is -0.354 e. The molecule has 150 valence electrons. The molecule has 2 heterocycles. The summed E-state index contributed by atoms with van der Waals surface area (Å²) in [5, 5.41) is 5.78. The third kappa shape index (κ3) is 5.13. The number of piperidine rings is 1. The fourth-order valence-electron chi connectivity index (χ4n) is 3.48. The third-order valence-corrected chi connectivity index (χ3v) is 6.43. The quantitative estimate of drug-likeness (QED) is 0.777. The summed E-state index contributed by atoms with van der Waals surface area (Å²) >= 11 is 7.59. The summed E-state index contributed by atoms with van der Waals surface area (Å²) in [5.41, 5.74) is 0.636. The Morgan fingerprint density at radius 3 is 2.46 bits per heavy atom. The van der Waals surface area contributed by atoms with Gasteiger partial charge in [0, 0.05) is 41.0 Å². The lowest BCUT2D eigenvalue weighted by atomic mass is 9.95. The van der Waals surface area contributed by atoms with Gasteiger partial charge in [0.25, 0.3) is 5.91 Å². The van der Waals surface area contributed by atoms with Gasteiger partial charge in [0.15, 0.2) is 0 Å². The van der Waals surface area contributed by atoms with Crippen LogP contribution in [0.2, 0.25) is 5.02 Å². The highest BCUT2D eigenvalue weighted by Gasteiger charge is 2.28. The summed E-state index contributed by atoms with van der Waals surface area (Å²) in [6, 6.07) is 11.3. The van der Waals surface area contributed by atoms with E-state index in [0.717, 1.165) is 0 Å². The third-order valence-electron chi connectivity index (χ3n) is 5.21. The second-order valence-electron chi connectivity index (χ2n) is 7.31. The van der Waals surface area contributed by atoms with Gasteiger partial charge in [-0.3, -0.25) is 9.59 Å². The highest BCUT2D eigenvalue weighted by molar-refractivity contribution is 7.10. The van der Waals surface area contributed by atoms with E-state index in [1.54, 1.807) is 35.6 Å². The molecule has 1 aliphatic heterocycles. The van der Waals surface area contributed by atoms with Crippen LogP contribution in [0, 0.1) is 5.92 Å². The number of carbonyl (C=O) groups excluding carboxylic acids is 2. The number of hydrogen-bond acceptors (Lipinski definition) is 4. The predicted molar refractivity (Wildman–Crippen MR) is 114 cm³/mol. The van der Waals surface area contributed by atoms with Gasteiger partial charge in [-0.05, 0) is 62.6 Å². The summed E-state index contributed by atoms with van der Waals surface area (Å²) in [6.07, 6.45) is 1.38. The highest BCUT2D eigenvalue weighted by Crippen LogP contribution is 2.24. The minimum absolute atomic E-state index is 0.000826. The predicted octanol–water partition coefficient (Wildman–Crippen LogP) is 3.67. The molecular weight excluding hydrogens is 394 g/mol. The number of amides is 2. The second-order valence-corrected chi connectivity index (χ2v) is 8.73. The Hall–Kier alpha value is -1.89. The molecule has 1 saturated heterocycles. The maximum Gasteiger partial charge on any atom is 0.253 e. The zero-order valence-electron chi connectivity index (χ0n) is 16.2. The SMILES string of the molecule is CN(C)[C@@H](CNC(=O)C1CCN(C(=O)c2ccc(Cl)cc2)CC1)c1cccs1. The molecule has 3 rings (SSSR count). The first kappa shape index (κ1) is 20.8. The molecule has 0 spiro atoms. The molecule has 0 radical (unpaired) electrons. The molecule has 1 N–H and O–H groups in total. The van der Waals surface area contributed by atoms with Gasteiger partial charge in [-0.1, -0.05) is 17.7 Å². The average molecular weight is 420 g/mol. The molecule has 1 aliphatic rings. The number of hydrogen-bond donors (Lipinski definition) is 1. The number of carbonyl (C=O) groups is 2. The summed E-state index contributed by atoms with van der Waals surface area (Å²) in [4.78, 5) is 30.4. The summed E-state index contributed by atoms with van der Waals surface area (Å²) < 4.78 is 0. The Labute approximate surface area is 175 Å². The van der Waals surface area contributed by atoms with E-state index in [2.05, 4.69) is 21.7 Å². The molecule has 0 saturated carbocycles. The molecule has 5 nitrogen and oxygen atoms in total. The molecule has 7 heteroatoms. The van der Waals surface area contributed by atoms with Crippen molar-refractivity contribution in [2.75, 3.05) is 33.7 Å². The summed E-state index contributed by atoms with van der Waals surface area (Å²) in [6.45, 7) is 1.79. The normalized spacial score (nSPS) is 16.2. The Kier molecular flexibility index (Phi) is 7.10. The molecule has 1 atom stereocenters. The van der Waals surface area contributed by atoms with Gasteiger partial charge in [-0.15, -0.1) is 11.3 Å². The van der Waals surface area contributed by atoms with Crippen LogP contribution in [0.5, 0.6) is 0 Å². The van der Waals surface area contributed by atoms with Gasteiger partial charge in [0.1, 0.15) is 0 Å². The molecule has 28 heavy (non-hydrogen) atoms. The molecule has 2 amide bonds. The van der Waals surface area contributed by atoms with Crippen LogP contribution in [0.15, 0.2) is 41.8 Å². The van der Waals surface area contributed by atoms with Crippen molar-refractivity contribution in [2.45, 2.75) is 18.9 Å². The number of likely N-dealkylation sites (N-methyl/N-ethyl adjacent to an activating group) is 1. The van der Waals surface area contributed by atoms with Crippen molar-refractivity contribution in [3.05, 3.63) is 57.2 Å². The van der Waals surface area contributed by atoms with Crippen molar-refractivity contribution in [3.63, 3.8) is 0 Å². The van der Waals surface area contributed by atoms with Crippen LogP contribution in [-0.4, -0.2) is 55.3 Å². The van der Waals surface area contributed by atoms with Crippen LogP contribution < -0.4 is 5.32 Å². The van der Waals surface area contributed by atoms with E-state index in [-0.39, 0.29) is 23.8 Å². The Morgan fingerprint density at radius 2 is 1.89 bits per heavy atom. The number of likely N-dealkylation sites (tertiary alicyclic amines) is 1. The van der Waals surface area contributed by atoms with Crippen molar-refractivity contribution in [2.24, 2.45) is 5.92 Å². The van der Waals surface area contributed by atoms with Crippen molar-refractivity contribution in [1.29, 1.82) is 0 Å². The van der Waals surface area contributed by atoms with E-state index < -0.39 is 0 Å². The fourth-order valence-corrected chi connectivity index (χ4v) is 4.53. The fraction of sp³-hybridized carbons (Fsp3) is 0.429. The van der Waals surface area contributed by atoms with E-state index in [1.165, 1.54) is 4.88 Å². The zero-order valence-corrected chi connectivity index (χ0v) is 17.8. The lowest BCUT2D eigenvalue weighted by molar-refractivity contribution is -0.126. The first-order valence-corrected chi connectivity index (χ1v) is 10.7. The lowest BCUT2D eigenvalue weighted by Crippen LogP contribution is -2.44. The van der Waals surface area contributed by atoms with Gasteiger partial charge in [0.05, 0.1) is 6.04 Å². The van der Waals surface area contributed by atoms with Crippen molar-refractivity contribution < 1.29 is 9.59 Å². The Bertz CT molecular complexity index is 784. The van der Waals surface area contributed by atoms with E-state index in [9.17, 15) is 9.59 Å². The van der Waals surface area contributed by atoms with Crippen molar-refractivity contribution in [1.82, 2.24) is 15.1 Å². The van der Waals surface area contributed by atoms with E-state index in [0.29, 0.717) is 43.1 Å². The Morgan fingerprint density at radius 1 is 1.21 bits per heavy atom. The average Bonchev–Trinajstić information content (AvgIpc) is 3.22. The van der Waals surface area contributed by atoms with Crippen molar-refractivity contribution >= 4 is 34.8 Å². The molecule has 0 unspecified atom stereocenters. The van der Waals surface area contributed by atoms with E-state index in [4.69, 9.17) is 11.6 Å². The summed E-state index contributed by atoms with van der Waals surface area (Å²) in [5.74, 6) is 0.0447. The Balaban J connectivity index is 1.49. The van der Waals surface area contributed by atoms with Crippen LogP contribution in [0.25, 0.3) is 0 Å². The van der Waals surface area contributed by atoms with Crippen LogP contribution in [0.3, 0.4) is 0 Å². The first-order valence-electron chi connectivity index (χ1n) is 9.48. The van der Waals surface area contributed by atoms with Crippen LogP contribution >= 0.6 is 22.9 Å². The maximum absolute atomic E-state index is 12.6. The number of rotatable bonds is 6. The molecule has 0 bridgehead atoms. The number of halogens is 1. The number of benzene rings is 1. The molecule has 2 aromatic rings. The van der Waals surface area contributed by atoms with Gasteiger partial charge in [0.2, 0.25) is 5.91 Å². The van der Waals surface area contributed by atoms with Crippen LogP contribution in [-0.2, 0) is 4.79 Å². The monoisotopic (exact) mass is 419 g/mol. The smallest absolute Gasteiger partial charge is 0.253 e. The number of nitrogens with zero attached hydrogens (tertiary/aromatic N) is 2. The van der Waals surface area contributed by atoms with E-state index >= 15 is 0 Å². The topological polar surface area (TPSA) is 52.7 Å². The summed E-state index contributed by atoms with van der Waals surface area (Å²) in [7, 11) is 4.05. The maximum atomic E-state index is 12.6. The van der Waals surface area contributed by atoms with Gasteiger partial charge in [-0.25, -0.2) is 0 Å². The minimum atomic E-state index is -0.0413. The van der Waals surface area contributed by atoms with Crippen LogP contribution in [0.4, 0.5) is 0 Å². The second kappa shape index (κ2) is 9.54. The largest absolute Gasteiger partial charge is 0.354 e. The number of nitrogens with one attached hydrogen (secondary N) is 1. The number of thiophene rings is 1. The zero-order chi connectivity index (χ0) is 20.1. The molecule has 0 aliphatic carbocycles. The molecular formula is C21H26ClN3O2S. The first-order chi connectivity index (χ1) is 13.5. The molecule has 1 fully saturated rings. The van der Waals surface area contributed by atoms with Gasteiger partial charge in [-0.2, -0.15) is 0 Å². The standard InChI is InChI=1S/C21H26ClN3O2S/c1-24(2)18(19-4-3-13-28-19)14-23-20(26)15-9-11-25(12-10-15)21(27)16-5-7-17(22)8-6-16/h3-8,13,15,18H,9-12,14H2,1-2H3,(H,23,26)/t18-/m0/s1. The lowest BCUT2D eigenvalue weighted by Gasteiger charge is -2.32. The van der Waals surface area contributed by atoms with Gasteiger partial charge < -0.3 is 15.1 Å². The van der Waals surface area contributed by atoms with Gasteiger partial charge >= 0.3 is 0 Å². The van der Waals surface area contributed by atoms with Crippen molar-refractivity contribution in [3.8, 4) is 0 Å². The van der Waals surface area contributed by atoms with E-state index in [1.807, 2.05) is 25.1 Å².